The van der Waals surface area contributed by atoms with E-state index in [4.69, 9.17) is 0 Å². The van der Waals surface area contributed by atoms with Gasteiger partial charge < -0.3 is 10.0 Å². The zero-order valence-corrected chi connectivity index (χ0v) is 15.5. The number of hydrogen-bond acceptors (Lipinski definition) is 4. The van der Waals surface area contributed by atoms with E-state index >= 15 is 0 Å². The second kappa shape index (κ2) is 7.43. The third kappa shape index (κ3) is 3.73. The topological polar surface area (TPSA) is 77.9 Å². The first-order valence-corrected chi connectivity index (χ1v) is 10.5. The number of carbonyl (C=O) groups is 1. The highest BCUT2D eigenvalue weighted by Crippen LogP contribution is 2.27. The number of rotatable bonds is 5. The van der Waals surface area contributed by atoms with Crippen molar-refractivity contribution >= 4 is 16.0 Å². The third-order valence-electron chi connectivity index (χ3n) is 5.39. The lowest BCUT2D eigenvalue weighted by Gasteiger charge is -2.36. The first kappa shape index (κ1) is 18.4. The van der Waals surface area contributed by atoms with E-state index in [1.165, 1.54) is 29.3 Å². The summed E-state index contributed by atoms with van der Waals surface area (Å²) >= 11 is 0. The lowest BCUT2D eigenvalue weighted by Crippen LogP contribution is -2.46. The lowest BCUT2D eigenvalue weighted by molar-refractivity contribution is 0.0696. The van der Waals surface area contributed by atoms with E-state index in [-0.39, 0.29) is 10.5 Å². The summed E-state index contributed by atoms with van der Waals surface area (Å²) in [7, 11) is -3.66. The van der Waals surface area contributed by atoms with Crippen LogP contribution < -0.4 is 0 Å². The van der Waals surface area contributed by atoms with E-state index in [1.807, 2.05) is 6.92 Å². The molecule has 0 saturated carbocycles. The number of aromatic carboxylic acids is 1. The standard InChI is InChI=1S/C18H26N2O4S/c1-2-14-5-6-15(18(21)22)13-17(14)25(23,24)20-11-7-16(8-12-20)19-9-3-4-10-19/h5-6,13,16H,2-4,7-12H2,1H3,(H,21,22). The molecule has 0 aromatic heterocycles. The van der Waals surface area contributed by atoms with Crippen LogP contribution in [0.15, 0.2) is 23.1 Å². The minimum Gasteiger partial charge on any atom is -0.478 e. The molecule has 3 rings (SSSR count). The number of piperidine rings is 1. The summed E-state index contributed by atoms with van der Waals surface area (Å²) in [5, 5.41) is 9.19. The molecule has 1 aromatic carbocycles. The van der Waals surface area contributed by atoms with Crippen LogP contribution >= 0.6 is 0 Å². The molecule has 0 atom stereocenters. The molecule has 2 heterocycles. The highest BCUT2D eigenvalue weighted by molar-refractivity contribution is 7.89. The van der Waals surface area contributed by atoms with Gasteiger partial charge in [0.1, 0.15) is 0 Å². The number of hydrogen-bond donors (Lipinski definition) is 1. The Bertz CT molecular complexity index is 733. The van der Waals surface area contributed by atoms with Crippen molar-refractivity contribution in [3.63, 3.8) is 0 Å². The van der Waals surface area contributed by atoms with Crippen LogP contribution in [0.25, 0.3) is 0 Å². The van der Waals surface area contributed by atoms with E-state index < -0.39 is 16.0 Å². The van der Waals surface area contributed by atoms with Crippen molar-refractivity contribution in [3.05, 3.63) is 29.3 Å². The summed E-state index contributed by atoms with van der Waals surface area (Å²) in [5.41, 5.74) is 0.689. The molecule has 25 heavy (non-hydrogen) atoms. The van der Waals surface area contributed by atoms with E-state index in [1.54, 1.807) is 6.07 Å². The van der Waals surface area contributed by atoms with Crippen molar-refractivity contribution < 1.29 is 18.3 Å². The molecule has 0 unspecified atom stereocenters. The molecule has 0 aliphatic carbocycles. The summed E-state index contributed by atoms with van der Waals surface area (Å²) in [4.78, 5) is 13.9. The summed E-state index contributed by atoms with van der Waals surface area (Å²) in [6.07, 6.45) is 4.72. The molecule has 1 aromatic rings. The van der Waals surface area contributed by atoms with Crippen LogP contribution in [-0.4, -0.2) is 60.9 Å². The maximum absolute atomic E-state index is 13.1. The van der Waals surface area contributed by atoms with Crippen LogP contribution in [0.3, 0.4) is 0 Å². The van der Waals surface area contributed by atoms with Gasteiger partial charge in [0.25, 0.3) is 0 Å². The molecular weight excluding hydrogens is 340 g/mol. The molecule has 138 valence electrons. The monoisotopic (exact) mass is 366 g/mol. The maximum atomic E-state index is 13.1. The van der Waals surface area contributed by atoms with Crippen molar-refractivity contribution in [2.75, 3.05) is 26.2 Å². The summed E-state index contributed by atoms with van der Waals surface area (Å²) in [6, 6.07) is 4.88. The number of aryl methyl sites for hydroxylation is 1. The Morgan fingerprint density at radius 3 is 2.36 bits per heavy atom. The zero-order valence-electron chi connectivity index (χ0n) is 14.6. The molecule has 2 aliphatic heterocycles. The molecule has 2 saturated heterocycles. The van der Waals surface area contributed by atoms with E-state index in [0.717, 1.165) is 25.9 Å². The van der Waals surface area contributed by atoms with Crippen LogP contribution in [-0.2, 0) is 16.4 Å². The van der Waals surface area contributed by atoms with Gasteiger partial charge in [0.05, 0.1) is 10.5 Å². The molecular formula is C18H26N2O4S. The Labute approximate surface area is 149 Å². The highest BCUT2D eigenvalue weighted by Gasteiger charge is 2.33. The lowest BCUT2D eigenvalue weighted by atomic mass is 10.1. The molecule has 2 aliphatic rings. The van der Waals surface area contributed by atoms with Gasteiger partial charge in [-0.25, -0.2) is 13.2 Å². The quantitative estimate of drug-likeness (QED) is 0.864. The number of carboxylic acids is 1. The van der Waals surface area contributed by atoms with Crippen LogP contribution in [0.5, 0.6) is 0 Å². The van der Waals surface area contributed by atoms with Crippen LogP contribution in [0.2, 0.25) is 0 Å². The van der Waals surface area contributed by atoms with Crippen molar-refractivity contribution in [1.29, 1.82) is 0 Å². The maximum Gasteiger partial charge on any atom is 0.335 e. The highest BCUT2D eigenvalue weighted by atomic mass is 32.2. The van der Waals surface area contributed by atoms with Crippen molar-refractivity contribution in [2.24, 2.45) is 0 Å². The molecule has 0 amide bonds. The van der Waals surface area contributed by atoms with Crippen molar-refractivity contribution in [2.45, 2.75) is 50.0 Å². The van der Waals surface area contributed by atoms with Crippen LogP contribution in [0.1, 0.15) is 48.5 Å². The van der Waals surface area contributed by atoms with E-state index in [9.17, 15) is 18.3 Å². The summed E-state index contributed by atoms with van der Waals surface area (Å²) in [5.74, 6) is -1.10. The average molecular weight is 366 g/mol. The molecule has 6 nitrogen and oxygen atoms in total. The number of likely N-dealkylation sites (tertiary alicyclic amines) is 1. The van der Waals surface area contributed by atoms with Gasteiger partial charge in [-0.1, -0.05) is 13.0 Å². The summed E-state index contributed by atoms with van der Waals surface area (Å²) in [6.45, 7) is 5.14. The van der Waals surface area contributed by atoms with Gasteiger partial charge in [-0.2, -0.15) is 4.31 Å². The third-order valence-corrected chi connectivity index (χ3v) is 7.37. The van der Waals surface area contributed by atoms with E-state index in [2.05, 4.69) is 4.90 Å². The molecule has 0 radical (unpaired) electrons. The van der Waals surface area contributed by atoms with Crippen molar-refractivity contribution in [3.8, 4) is 0 Å². The molecule has 0 spiro atoms. The minimum atomic E-state index is -3.66. The first-order chi connectivity index (χ1) is 11.9. The minimum absolute atomic E-state index is 0.0164. The molecule has 0 bridgehead atoms. The predicted molar refractivity (Wildman–Crippen MR) is 95.4 cm³/mol. The number of benzene rings is 1. The van der Waals surface area contributed by atoms with Crippen LogP contribution in [0.4, 0.5) is 0 Å². The van der Waals surface area contributed by atoms with Gasteiger partial charge in [-0.05, 0) is 62.9 Å². The smallest absolute Gasteiger partial charge is 0.335 e. The predicted octanol–water partition coefficient (Wildman–Crippen LogP) is 2.20. The van der Waals surface area contributed by atoms with E-state index in [0.29, 0.717) is 31.1 Å². The molecule has 1 N–H and O–H groups in total. The number of carboxylic acid groups (broad SMARTS) is 1. The van der Waals surface area contributed by atoms with Crippen molar-refractivity contribution in [1.82, 2.24) is 9.21 Å². The second-order valence-corrected chi connectivity index (χ2v) is 8.77. The van der Waals surface area contributed by atoms with Gasteiger partial charge >= 0.3 is 5.97 Å². The Balaban J connectivity index is 1.80. The van der Waals surface area contributed by atoms with Gasteiger partial charge in [0, 0.05) is 19.1 Å². The summed E-state index contributed by atoms with van der Waals surface area (Å²) < 4.78 is 27.7. The van der Waals surface area contributed by atoms with Gasteiger partial charge in [-0.3, -0.25) is 0 Å². The molecule has 7 heteroatoms. The first-order valence-electron chi connectivity index (χ1n) is 9.04. The van der Waals surface area contributed by atoms with Crippen LogP contribution in [0, 0.1) is 0 Å². The fourth-order valence-electron chi connectivity index (χ4n) is 3.91. The number of sulfonamides is 1. The second-order valence-electron chi connectivity index (χ2n) is 6.86. The van der Waals surface area contributed by atoms with Gasteiger partial charge in [0.2, 0.25) is 10.0 Å². The number of nitrogens with zero attached hydrogens (tertiary/aromatic N) is 2. The SMILES string of the molecule is CCc1ccc(C(=O)O)cc1S(=O)(=O)N1CCC(N2CCCC2)CC1. The zero-order chi connectivity index (χ0) is 18.0. The Kier molecular flexibility index (Phi) is 5.46. The van der Waals surface area contributed by atoms with Gasteiger partial charge in [-0.15, -0.1) is 0 Å². The largest absolute Gasteiger partial charge is 0.478 e. The fraction of sp³-hybridized carbons (Fsp3) is 0.611. The Hall–Kier alpha value is -1.44. The molecule has 2 fully saturated rings. The fourth-order valence-corrected chi connectivity index (χ4v) is 5.70. The average Bonchev–Trinajstić information content (AvgIpc) is 3.16. The normalized spacial score (nSPS) is 20.8. The Morgan fingerprint density at radius 2 is 1.80 bits per heavy atom. The van der Waals surface area contributed by atoms with Gasteiger partial charge in [0.15, 0.2) is 0 Å². The Morgan fingerprint density at radius 1 is 1.16 bits per heavy atom.